The zero-order chi connectivity index (χ0) is 18.2. The first kappa shape index (κ1) is 20.0. The third-order valence-electron chi connectivity index (χ3n) is 3.57. The predicted molar refractivity (Wildman–Crippen MR) is 95.1 cm³/mol. The van der Waals surface area contributed by atoms with Gasteiger partial charge in [-0.25, -0.2) is 0 Å². The van der Waals surface area contributed by atoms with Crippen molar-refractivity contribution in [2.75, 3.05) is 18.5 Å². The predicted octanol–water partition coefficient (Wildman–Crippen LogP) is 4.13. The molecule has 0 aliphatic carbocycles. The van der Waals surface area contributed by atoms with Crippen LogP contribution < -0.4 is 10.1 Å². The molecule has 0 unspecified atom stereocenters. The Labute approximate surface area is 145 Å². The Bertz CT molecular complexity index is 593. The maximum Gasteiger partial charge on any atom is 0.256 e. The molecule has 0 aliphatic heterocycles. The zero-order valence-electron chi connectivity index (χ0n) is 15.3. The molecule has 0 aliphatic rings. The molecule has 0 saturated heterocycles. The van der Waals surface area contributed by atoms with Crippen LogP contribution in [0.15, 0.2) is 18.2 Å². The summed E-state index contributed by atoms with van der Waals surface area (Å²) in [5, 5.41) is 12.2. The molecule has 0 bridgehead atoms. The van der Waals surface area contributed by atoms with E-state index in [0.717, 1.165) is 6.42 Å². The van der Waals surface area contributed by atoms with E-state index < -0.39 is 5.60 Å². The molecule has 0 radical (unpaired) electrons. The van der Waals surface area contributed by atoms with Crippen molar-refractivity contribution < 1.29 is 14.3 Å². The molecule has 5 heteroatoms. The molecule has 0 heterocycles. The Hall–Kier alpha value is -2.06. The van der Waals surface area contributed by atoms with Crippen LogP contribution in [0, 0.1) is 17.2 Å². The lowest BCUT2D eigenvalue weighted by Crippen LogP contribution is -2.44. The van der Waals surface area contributed by atoms with Crippen molar-refractivity contribution in [2.45, 2.75) is 53.1 Å². The van der Waals surface area contributed by atoms with E-state index in [2.05, 4.69) is 25.2 Å². The molecule has 5 nitrogen and oxygen atoms in total. The lowest BCUT2D eigenvalue weighted by molar-refractivity contribution is -0.141. The number of nitriles is 1. The van der Waals surface area contributed by atoms with E-state index in [4.69, 9.17) is 9.47 Å². The highest BCUT2D eigenvalue weighted by Crippen LogP contribution is 2.26. The number of carbonyl (C=O) groups excluding carboxylic acids is 1. The normalized spacial score (nSPS) is 13.2. The highest BCUT2D eigenvalue weighted by Gasteiger charge is 2.35. The van der Waals surface area contributed by atoms with E-state index in [0.29, 0.717) is 42.6 Å². The molecule has 1 rings (SSSR count). The van der Waals surface area contributed by atoms with Crippen molar-refractivity contribution >= 4 is 11.6 Å². The Balaban J connectivity index is 3.00. The van der Waals surface area contributed by atoms with Gasteiger partial charge in [0, 0.05) is 6.61 Å². The number of carbonyl (C=O) groups is 1. The molecule has 1 N–H and O–H groups in total. The molecule has 0 spiro atoms. The lowest BCUT2D eigenvalue weighted by Gasteiger charge is -2.30. The highest BCUT2D eigenvalue weighted by atomic mass is 16.5. The van der Waals surface area contributed by atoms with Gasteiger partial charge in [-0.05, 0) is 50.8 Å². The summed E-state index contributed by atoms with van der Waals surface area (Å²) in [5.41, 5.74) is -0.0760. The summed E-state index contributed by atoms with van der Waals surface area (Å²) in [6, 6.07) is 7.16. The molecule has 132 valence electrons. The molecule has 1 aromatic rings. The van der Waals surface area contributed by atoms with Gasteiger partial charge in [-0.2, -0.15) is 5.26 Å². The SMILES string of the molecule is CCCO[C@](C)(CC(C)C)C(=O)Nc1ccc(OCC)cc1C#N. The van der Waals surface area contributed by atoms with E-state index in [9.17, 15) is 10.1 Å². The van der Waals surface area contributed by atoms with Gasteiger partial charge in [0.25, 0.3) is 5.91 Å². The summed E-state index contributed by atoms with van der Waals surface area (Å²) < 4.78 is 11.2. The van der Waals surface area contributed by atoms with Crippen LogP contribution in [-0.4, -0.2) is 24.7 Å². The van der Waals surface area contributed by atoms with Gasteiger partial charge in [-0.3, -0.25) is 4.79 Å². The van der Waals surface area contributed by atoms with Gasteiger partial charge in [0.2, 0.25) is 0 Å². The van der Waals surface area contributed by atoms with Gasteiger partial charge in [0.05, 0.1) is 17.9 Å². The molecule has 0 aromatic heterocycles. The maximum absolute atomic E-state index is 12.8. The third-order valence-corrected chi connectivity index (χ3v) is 3.57. The van der Waals surface area contributed by atoms with Gasteiger partial charge >= 0.3 is 0 Å². The fourth-order valence-corrected chi connectivity index (χ4v) is 2.56. The van der Waals surface area contributed by atoms with E-state index in [1.54, 1.807) is 25.1 Å². The van der Waals surface area contributed by atoms with Crippen LogP contribution in [0.25, 0.3) is 0 Å². The second kappa shape index (κ2) is 9.29. The first-order valence-electron chi connectivity index (χ1n) is 8.48. The van der Waals surface area contributed by atoms with Crippen molar-refractivity contribution in [3.05, 3.63) is 23.8 Å². The summed E-state index contributed by atoms with van der Waals surface area (Å²) in [6.07, 6.45) is 1.45. The molecule has 0 saturated carbocycles. The Morgan fingerprint density at radius 1 is 1.38 bits per heavy atom. The maximum atomic E-state index is 12.8. The van der Waals surface area contributed by atoms with E-state index >= 15 is 0 Å². The molecular weight excluding hydrogens is 304 g/mol. The average molecular weight is 332 g/mol. The summed E-state index contributed by atoms with van der Waals surface area (Å²) in [4.78, 5) is 12.8. The monoisotopic (exact) mass is 332 g/mol. The van der Waals surface area contributed by atoms with Gasteiger partial charge in [-0.15, -0.1) is 0 Å². The van der Waals surface area contributed by atoms with Gasteiger partial charge in [0.1, 0.15) is 17.4 Å². The summed E-state index contributed by atoms with van der Waals surface area (Å²) >= 11 is 0. The minimum absolute atomic E-state index is 0.231. The highest BCUT2D eigenvalue weighted by molar-refractivity contribution is 5.98. The van der Waals surface area contributed by atoms with E-state index in [1.165, 1.54) is 0 Å². The smallest absolute Gasteiger partial charge is 0.256 e. The Morgan fingerprint density at radius 2 is 2.08 bits per heavy atom. The number of nitrogens with zero attached hydrogens (tertiary/aromatic N) is 1. The van der Waals surface area contributed by atoms with Crippen LogP contribution in [0.1, 0.15) is 53.0 Å². The van der Waals surface area contributed by atoms with Crippen molar-refractivity contribution in [1.29, 1.82) is 5.26 Å². The van der Waals surface area contributed by atoms with E-state index in [1.807, 2.05) is 13.8 Å². The van der Waals surface area contributed by atoms with Gasteiger partial charge in [0.15, 0.2) is 0 Å². The Kier molecular flexibility index (Phi) is 7.73. The summed E-state index contributed by atoms with van der Waals surface area (Å²) in [5.74, 6) is 0.693. The van der Waals surface area contributed by atoms with Crippen LogP contribution in [0.5, 0.6) is 5.75 Å². The van der Waals surface area contributed by atoms with Crippen molar-refractivity contribution in [2.24, 2.45) is 5.92 Å². The third kappa shape index (κ3) is 5.54. The molecular formula is C19H28N2O3. The van der Waals surface area contributed by atoms with Crippen LogP contribution >= 0.6 is 0 Å². The number of amides is 1. The summed E-state index contributed by atoms with van der Waals surface area (Å²) in [7, 11) is 0. The number of benzene rings is 1. The van der Waals surface area contributed by atoms with E-state index in [-0.39, 0.29) is 5.91 Å². The van der Waals surface area contributed by atoms with Gasteiger partial charge < -0.3 is 14.8 Å². The van der Waals surface area contributed by atoms with Crippen molar-refractivity contribution in [3.8, 4) is 11.8 Å². The molecule has 1 aromatic carbocycles. The zero-order valence-corrected chi connectivity index (χ0v) is 15.3. The second-order valence-corrected chi connectivity index (χ2v) is 6.38. The number of hydrogen-bond donors (Lipinski definition) is 1. The largest absolute Gasteiger partial charge is 0.494 e. The Morgan fingerprint density at radius 3 is 2.62 bits per heavy atom. The van der Waals surface area contributed by atoms with Crippen LogP contribution in [-0.2, 0) is 9.53 Å². The molecule has 24 heavy (non-hydrogen) atoms. The average Bonchev–Trinajstić information content (AvgIpc) is 2.53. The number of ether oxygens (including phenoxy) is 2. The summed E-state index contributed by atoms with van der Waals surface area (Å²) in [6.45, 7) is 10.8. The number of hydrogen-bond acceptors (Lipinski definition) is 4. The second-order valence-electron chi connectivity index (χ2n) is 6.38. The molecule has 1 atom stereocenters. The van der Waals surface area contributed by atoms with Crippen LogP contribution in [0.2, 0.25) is 0 Å². The number of nitrogens with one attached hydrogen (secondary N) is 1. The van der Waals surface area contributed by atoms with Gasteiger partial charge in [-0.1, -0.05) is 20.8 Å². The first-order chi connectivity index (χ1) is 11.4. The molecule has 0 fully saturated rings. The minimum Gasteiger partial charge on any atom is -0.494 e. The fraction of sp³-hybridized carbons (Fsp3) is 0.579. The first-order valence-corrected chi connectivity index (χ1v) is 8.48. The minimum atomic E-state index is -0.921. The standard InChI is InChI=1S/C19H28N2O3/c1-6-10-24-19(5,12-14(3)4)18(22)21-17-9-8-16(23-7-2)11-15(17)13-20/h8-9,11,14H,6-7,10,12H2,1-5H3,(H,21,22)/t19-/m1/s1. The molecule has 1 amide bonds. The van der Waals surface area contributed by atoms with Crippen LogP contribution in [0.3, 0.4) is 0 Å². The van der Waals surface area contributed by atoms with Crippen molar-refractivity contribution in [1.82, 2.24) is 0 Å². The van der Waals surface area contributed by atoms with Crippen molar-refractivity contribution in [3.63, 3.8) is 0 Å². The van der Waals surface area contributed by atoms with Crippen LogP contribution in [0.4, 0.5) is 5.69 Å². The number of rotatable bonds is 9. The lowest BCUT2D eigenvalue weighted by atomic mass is 9.92. The quantitative estimate of drug-likeness (QED) is 0.738. The topological polar surface area (TPSA) is 71.3 Å². The fourth-order valence-electron chi connectivity index (χ4n) is 2.56. The number of anilines is 1.